The summed E-state index contributed by atoms with van der Waals surface area (Å²) in [6.07, 6.45) is 4.74. The van der Waals surface area contributed by atoms with Gasteiger partial charge in [0.2, 0.25) is 0 Å². The van der Waals surface area contributed by atoms with Gasteiger partial charge in [-0.3, -0.25) is 4.79 Å². The zero-order chi connectivity index (χ0) is 23.8. The number of hydrogen-bond donors (Lipinski definition) is 0. The Kier molecular flexibility index (Phi) is 8.82. The number of carbonyl (C=O) groups is 1. The molecule has 6 heteroatoms. The smallest absolute Gasteiger partial charge is 0.326 e. The Labute approximate surface area is 192 Å². The van der Waals surface area contributed by atoms with Crippen molar-refractivity contribution in [1.29, 1.82) is 0 Å². The molecule has 2 aromatic carbocycles. The summed E-state index contributed by atoms with van der Waals surface area (Å²) in [5, 5.41) is -1.45. The lowest BCUT2D eigenvalue weighted by Gasteiger charge is -2.23. The van der Waals surface area contributed by atoms with Gasteiger partial charge in [-0.2, -0.15) is 0 Å². The van der Waals surface area contributed by atoms with Gasteiger partial charge in [-0.1, -0.05) is 79.7 Å². The van der Waals surface area contributed by atoms with E-state index in [9.17, 15) is 13.2 Å². The third kappa shape index (κ3) is 7.08. The van der Waals surface area contributed by atoms with E-state index in [2.05, 4.69) is 37.7 Å². The van der Waals surface area contributed by atoms with Crippen molar-refractivity contribution >= 4 is 23.9 Å². The molecule has 2 atom stereocenters. The van der Waals surface area contributed by atoms with Gasteiger partial charge in [0.05, 0.1) is 4.90 Å². The lowest BCUT2D eigenvalue weighted by molar-refractivity contribution is -0.142. The van der Waals surface area contributed by atoms with E-state index in [1.807, 2.05) is 13.0 Å². The molecule has 0 saturated heterocycles. The Morgan fingerprint density at radius 2 is 1.72 bits per heavy atom. The van der Waals surface area contributed by atoms with E-state index in [1.165, 1.54) is 18.2 Å². The summed E-state index contributed by atoms with van der Waals surface area (Å²) >= 11 is 0. The Balaban J connectivity index is 2.36. The van der Waals surface area contributed by atoms with Crippen LogP contribution in [0.5, 0.6) is 0 Å². The molecule has 0 aliphatic heterocycles. The van der Waals surface area contributed by atoms with Gasteiger partial charge < -0.3 is 4.74 Å². The van der Waals surface area contributed by atoms with E-state index >= 15 is 0 Å². The van der Waals surface area contributed by atoms with Crippen LogP contribution in [0.1, 0.15) is 17.0 Å². The Morgan fingerprint density at radius 1 is 1.09 bits per heavy atom. The number of sulfone groups is 1. The van der Waals surface area contributed by atoms with Crippen molar-refractivity contribution in [3.8, 4) is 11.5 Å². The molecule has 0 fully saturated rings. The van der Waals surface area contributed by atoms with Crippen LogP contribution >= 0.6 is 0 Å². The second-order valence-electron chi connectivity index (χ2n) is 8.50. The highest BCUT2D eigenvalue weighted by molar-refractivity contribution is 7.92. The third-order valence-electron chi connectivity index (χ3n) is 4.65. The summed E-state index contributed by atoms with van der Waals surface area (Å²) in [6, 6.07) is 15.4. The molecule has 0 heterocycles. The van der Waals surface area contributed by atoms with Crippen LogP contribution in [0.4, 0.5) is 0 Å². The molecule has 0 aliphatic rings. The molecule has 0 bridgehead atoms. The molecule has 0 aromatic heterocycles. The van der Waals surface area contributed by atoms with Crippen LogP contribution < -0.4 is 0 Å². The quantitative estimate of drug-likeness (QED) is 0.235. The number of aryl methyl sites for hydroxylation is 1. The predicted molar refractivity (Wildman–Crippen MR) is 133 cm³/mol. The minimum Gasteiger partial charge on any atom is -0.460 e. The molecule has 32 heavy (non-hydrogen) atoms. The summed E-state index contributed by atoms with van der Waals surface area (Å²) in [5.74, 6) is 1.38. The first kappa shape index (κ1) is 25.4. The second kappa shape index (κ2) is 11.1. The molecular formula is C26H30O4SSi. The number of ether oxygens (including phenoxy) is 1. The standard InChI is InChI=1S/C26H30O4SSi/c1-6-24(22-13-9-7-10-14-22)25(31(28,29)23-17-15-21(2)16-18-23)26(27)30-19-11-8-12-20-32(3,4)5/h6-11,13-18,24-25H,1,19H2,2-5H3/b11-8+. The van der Waals surface area contributed by atoms with E-state index in [4.69, 9.17) is 4.74 Å². The second-order valence-corrected chi connectivity index (χ2v) is 15.3. The Hall–Kier alpha value is -2.88. The van der Waals surface area contributed by atoms with Crippen LogP contribution in [0.15, 0.2) is 84.3 Å². The molecule has 0 radical (unpaired) electrons. The minimum atomic E-state index is -4.04. The van der Waals surface area contributed by atoms with Gasteiger partial charge in [-0.05, 0) is 36.8 Å². The summed E-state index contributed by atoms with van der Waals surface area (Å²) < 4.78 is 32.4. The number of esters is 1. The van der Waals surface area contributed by atoms with Crippen molar-refractivity contribution in [1.82, 2.24) is 0 Å². The first-order valence-corrected chi connectivity index (χ1v) is 15.4. The highest BCUT2D eigenvalue weighted by atomic mass is 32.2. The van der Waals surface area contributed by atoms with Gasteiger partial charge in [0, 0.05) is 5.92 Å². The topological polar surface area (TPSA) is 60.4 Å². The lowest BCUT2D eigenvalue weighted by atomic mass is 9.95. The van der Waals surface area contributed by atoms with Crippen molar-refractivity contribution in [2.75, 3.05) is 6.61 Å². The largest absolute Gasteiger partial charge is 0.460 e. The molecule has 0 amide bonds. The number of carbonyl (C=O) groups excluding carboxylic acids is 1. The molecule has 0 N–H and O–H groups in total. The van der Waals surface area contributed by atoms with Gasteiger partial charge in [-0.15, -0.1) is 12.1 Å². The van der Waals surface area contributed by atoms with E-state index in [-0.39, 0.29) is 11.5 Å². The van der Waals surface area contributed by atoms with Crippen molar-refractivity contribution < 1.29 is 17.9 Å². The molecule has 168 valence electrons. The zero-order valence-electron chi connectivity index (χ0n) is 19.0. The van der Waals surface area contributed by atoms with Crippen LogP contribution in [0.3, 0.4) is 0 Å². The fraction of sp³-hybridized carbons (Fsp3) is 0.269. The molecule has 0 spiro atoms. The van der Waals surface area contributed by atoms with E-state index in [1.54, 1.807) is 48.6 Å². The number of allylic oxidation sites excluding steroid dienone is 2. The monoisotopic (exact) mass is 466 g/mol. The number of hydrogen-bond acceptors (Lipinski definition) is 4. The Bertz CT molecular complexity index is 1120. The van der Waals surface area contributed by atoms with Gasteiger partial charge >= 0.3 is 5.97 Å². The molecule has 0 saturated carbocycles. The van der Waals surface area contributed by atoms with Crippen molar-refractivity contribution in [2.24, 2.45) is 0 Å². The maximum atomic E-state index is 13.5. The summed E-state index contributed by atoms with van der Waals surface area (Å²) in [4.78, 5) is 13.2. The fourth-order valence-electron chi connectivity index (χ4n) is 3.03. The molecule has 2 unspecified atom stereocenters. The summed E-state index contributed by atoms with van der Waals surface area (Å²) in [6.45, 7) is 12.0. The SMILES string of the molecule is C=CC(c1ccccc1)C(C(=O)OC/C=C/C#C[Si](C)(C)C)S(=O)(=O)c1ccc(C)cc1. The van der Waals surface area contributed by atoms with Gasteiger partial charge in [0.1, 0.15) is 14.7 Å². The maximum absolute atomic E-state index is 13.5. The molecular weight excluding hydrogens is 436 g/mol. The highest BCUT2D eigenvalue weighted by Gasteiger charge is 2.41. The molecule has 4 nitrogen and oxygen atoms in total. The lowest BCUT2D eigenvalue weighted by Crippen LogP contribution is -2.37. The van der Waals surface area contributed by atoms with Crippen molar-refractivity contribution in [3.05, 3.63) is 90.5 Å². The zero-order valence-corrected chi connectivity index (χ0v) is 20.9. The first-order chi connectivity index (χ1) is 15.1. The molecule has 2 aromatic rings. The van der Waals surface area contributed by atoms with Crippen molar-refractivity contribution in [3.63, 3.8) is 0 Å². The van der Waals surface area contributed by atoms with Crippen LogP contribution in [0.2, 0.25) is 19.6 Å². The van der Waals surface area contributed by atoms with Gasteiger partial charge in [0.15, 0.2) is 15.1 Å². The normalized spacial score (nSPS) is 13.6. The predicted octanol–water partition coefficient (Wildman–Crippen LogP) is 5.09. The third-order valence-corrected chi connectivity index (χ3v) is 7.63. The fourth-order valence-corrected chi connectivity index (χ4v) is 5.33. The van der Waals surface area contributed by atoms with E-state index < -0.39 is 35.0 Å². The number of rotatable bonds is 8. The van der Waals surface area contributed by atoms with Crippen LogP contribution in [-0.4, -0.2) is 34.3 Å². The first-order valence-electron chi connectivity index (χ1n) is 10.4. The average molecular weight is 467 g/mol. The van der Waals surface area contributed by atoms with Crippen molar-refractivity contribution in [2.45, 2.75) is 42.6 Å². The minimum absolute atomic E-state index is 0.0578. The number of benzene rings is 2. The average Bonchev–Trinajstić information content (AvgIpc) is 2.74. The van der Waals surface area contributed by atoms with Crippen LogP contribution in [0, 0.1) is 18.4 Å². The van der Waals surface area contributed by atoms with E-state index in [0.717, 1.165) is 5.56 Å². The summed E-state index contributed by atoms with van der Waals surface area (Å²) in [7, 11) is -5.53. The Morgan fingerprint density at radius 3 is 2.28 bits per heavy atom. The summed E-state index contributed by atoms with van der Waals surface area (Å²) in [5.41, 5.74) is 4.79. The van der Waals surface area contributed by atoms with Crippen LogP contribution in [0.25, 0.3) is 0 Å². The van der Waals surface area contributed by atoms with Gasteiger partial charge in [-0.25, -0.2) is 8.42 Å². The molecule has 0 aliphatic carbocycles. The van der Waals surface area contributed by atoms with E-state index in [0.29, 0.717) is 5.56 Å². The van der Waals surface area contributed by atoms with Gasteiger partial charge in [0.25, 0.3) is 0 Å². The highest BCUT2D eigenvalue weighted by Crippen LogP contribution is 2.31. The molecule has 2 rings (SSSR count). The maximum Gasteiger partial charge on any atom is 0.326 e. The van der Waals surface area contributed by atoms with Crippen LogP contribution in [-0.2, 0) is 19.4 Å².